The van der Waals surface area contributed by atoms with Gasteiger partial charge in [-0.25, -0.2) is 4.68 Å². The SMILES string of the molecule is N#Cc1c(Cl)cccc1-n1cc(Cl)cn1. The molecule has 15 heavy (non-hydrogen) atoms. The van der Waals surface area contributed by atoms with E-state index in [0.29, 0.717) is 21.3 Å². The maximum absolute atomic E-state index is 8.96. The number of hydrogen-bond acceptors (Lipinski definition) is 2. The van der Waals surface area contributed by atoms with Gasteiger partial charge in [-0.1, -0.05) is 29.3 Å². The summed E-state index contributed by atoms with van der Waals surface area (Å²) in [4.78, 5) is 0. The van der Waals surface area contributed by atoms with Crippen LogP contribution >= 0.6 is 23.2 Å². The van der Waals surface area contributed by atoms with E-state index in [1.807, 2.05) is 6.07 Å². The molecule has 0 saturated carbocycles. The molecule has 5 heteroatoms. The highest BCUT2D eigenvalue weighted by molar-refractivity contribution is 6.32. The molecule has 0 unspecified atom stereocenters. The predicted molar refractivity (Wildman–Crippen MR) is 58.3 cm³/mol. The van der Waals surface area contributed by atoms with E-state index in [0.717, 1.165) is 0 Å². The molecule has 0 aliphatic carbocycles. The summed E-state index contributed by atoms with van der Waals surface area (Å²) in [7, 11) is 0. The van der Waals surface area contributed by atoms with Gasteiger partial charge in [0.15, 0.2) is 0 Å². The minimum atomic E-state index is 0.388. The first-order chi connectivity index (χ1) is 7.22. The fourth-order valence-electron chi connectivity index (χ4n) is 1.25. The van der Waals surface area contributed by atoms with E-state index in [9.17, 15) is 0 Å². The summed E-state index contributed by atoms with van der Waals surface area (Å²) in [6, 6.07) is 7.21. The molecule has 0 amide bonds. The van der Waals surface area contributed by atoms with Crippen molar-refractivity contribution in [2.75, 3.05) is 0 Å². The molecule has 0 spiro atoms. The molecule has 1 heterocycles. The Balaban J connectivity index is 2.63. The second kappa shape index (κ2) is 3.93. The van der Waals surface area contributed by atoms with Crippen LogP contribution in [0.5, 0.6) is 0 Å². The van der Waals surface area contributed by atoms with Crippen molar-refractivity contribution in [3.05, 3.63) is 46.2 Å². The molecule has 0 bridgehead atoms. The quantitative estimate of drug-likeness (QED) is 0.766. The molecule has 1 aromatic heterocycles. The first kappa shape index (κ1) is 10.0. The second-order valence-electron chi connectivity index (χ2n) is 2.85. The Kier molecular flexibility index (Phi) is 2.63. The van der Waals surface area contributed by atoms with Gasteiger partial charge in [0, 0.05) is 6.20 Å². The monoisotopic (exact) mass is 237 g/mol. The lowest BCUT2D eigenvalue weighted by atomic mass is 10.2. The molecule has 0 aliphatic rings. The van der Waals surface area contributed by atoms with Gasteiger partial charge in [-0.15, -0.1) is 0 Å². The van der Waals surface area contributed by atoms with Crippen LogP contribution in [-0.4, -0.2) is 9.78 Å². The molecule has 2 rings (SSSR count). The number of hydrogen-bond donors (Lipinski definition) is 0. The summed E-state index contributed by atoms with van der Waals surface area (Å²) in [5.74, 6) is 0. The highest BCUT2D eigenvalue weighted by Gasteiger charge is 2.08. The van der Waals surface area contributed by atoms with Gasteiger partial charge in [-0.2, -0.15) is 10.4 Å². The Hall–Kier alpha value is -1.50. The number of nitrogens with zero attached hydrogens (tertiary/aromatic N) is 3. The van der Waals surface area contributed by atoms with Crippen LogP contribution in [0, 0.1) is 11.3 Å². The van der Waals surface area contributed by atoms with Crippen molar-refractivity contribution in [2.45, 2.75) is 0 Å². The van der Waals surface area contributed by atoms with Gasteiger partial charge in [0.1, 0.15) is 6.07 Å². The van der Waals surface area contributed by atoms with Gasteiger partial charge < -0.3 is 0 Å². The smallest absolute Gasteiger partial charge is 0.103 e. The summed E-state index contributed by atoms with van der Waals surface area (Å²) in [5.41, 5.74) is 1.01. The Labute approximate surface area is 96.5 Å². The third-order valence-corrected chi connectivity index (χ3v) is 2.41. The van der Waals surface area contributed by atoms with E-state index < -0.39 is 0 Å². The zero-order valence-electron chi connectivity index (χ0n) is 7.48. The van der Waals surface area contributed by atoms with Crippen LogP contribution in [0.1, 0.15) is 5.56 Å². The van der Waals surface area contributed by atoms with Crippen molar-refractivity contribution in [3.8, 4) is 11.8 Å². The van der Waals surface area contributed by atoms with Crippen molar-refractivity contribution in [1.82, 2.24) is 9.78 Å². The molecule has 0 fully saturated rings. The molecule has 0 N–H and O–H groups in total. The number of rotatable bonds is 1. The first-order valence-electron chi connectivity index (χ1n) is 4.11. The fourth-order valence-corrected chi connectivity index (χ4v) is 1.59. The molecule has 0 saturated heterocycles. The largest absolute Gasteiger partial charge is 0.238 e. The lowest BCUT2D eigenvalue weighted by Crippen LogP contribution is -1.97. The molecular weight excluding hydrogens is 233 g/mol. The van der Waals surface area contributed by atoms with Crippen molar-refractivity contribution in [2.24, 2.45) is 0 Å². The third-order valence-electron chi connectivity index (χ3n) is 1.90. The Morgan fingerprint density at radius 2 is 2.13 bits per heavy atom. The highest BCUT2D eigenvalue weighted by atomic mass is 35.5. The van der Waals surface area contributed by atoms with E-state index in [1.165, 1.54) is 10.9 Å². The average Bonchev–Trinajstić information content (AvgIpc) is 2.64. The number of nitriles is 1. The zero-order valence-corrected chi connectivity index (χ0v) is 9.00. The zero-order chi connectivity index (χ0) is 10.8. The molecular formula is C10H5Cl2N3. The second-order valence-corrected chi connectivity index (χ2v) is 3.69. The topological polar surface area (TPSA) is 41.6 Å². The van der Waals surface area contributed by atoms with Crippen molar-refractivity contribution >= 4 is 23.2 Å². The summed E-state index contributed by atoms with van der Waals surface area (Å²) in [6.07, 6.45) is 3.12. The lowest BCUT2D eigenvalue weighted by Gasteiger charge is -2.04. The Morgan fingerprint density at radius 1 is 1.33 bits per heavy atom. The summed E-state index contributed by atoms with van der Waals surface area (Å²) >= 11 is 11.6. The van der Waals surface area contributed by atoms with Gasteiger partial charge in [-0.3, -0.25) is 0 Å². The molecule has 0 atom stereocenters. The normalized spacial score (nSPS) is 9.93. The van der Waals surface area contributed by atoms with Crippen LogP contribution in [0.15, 0.2) is 30.6 Å². The predicted octanol–water partition coefficient (Wildman–Crippen LogP) is 3.05. The molecule has 0 radical (unpaired) electrons. The van der Waals surface area contributed by atoms with Gasteiger partial charge in [0.05, 0.1) is 27.5 Å². The average molecular weight is 238 g/mol. The lowest BCUT2D eigenvalue weighted by molar-refractivity contribution is 0.877. The van der Waals surface area contributed by atoms with E-state index in [2.05, 4.69) is 5.10 Å². The molecule has 2 aromatic rings. The van der Waals surface area contributed by atoms with E-state index in [1.54, 1.807) is 24.4 Å². The number of halogens is 2. The summed E-state index contributed by atoms with van der Waals surface area (Å²) in [6.45, 7) is 0. The van der Waals surface area contributed by atoms with Crippen molar-refractivity contribution in [1.29, 1.82) is 5.26 Å². The van der Waals surface area contributed by atoms with Gasteiger partial charge >= 0.3 is 0 Å². The minimum Gasteiger partial charge on any atom is -0.238 e. The molecule has 74 valence electrons. The van der Waals surface area contributed by atoms with Crippen LogP contribution in [0.2, 0.25) is 10.0 Å². The standard InChI is InChI=1S/C10H5Cl2N3/c11-7-5-14-15(6-7)10-3-1-2-9(12)8(10)4-13/h1-3,5-6H. The first-order valence-corrected chi connectivity index (χ1v) is 4.87. The van der Waals surface area contributed by atoms with E-state index >= 15 is 0 Å². The van der Waals surface area contributed by atoms with Gasteiger partial charge in [0.2, 0.25) is 0 Å². The maximum atomic E-state index is 8.96. The van der Waals surface area contributed by atoms with E-state index in [4.69, 9.17) is 28.5 Å². The minimum absolute atomic E-state index is 0.388. The highest BCUT2D eigenvalue weighted by Crippen LogP contribution is 2.22. The summed E-state index contributed by atoms with van der Waals surface area (Å²) in [5, 5.41) is 13.9. The van der Waals surface area contributed by atoms with E-state index in [-0.39, 0.29) is 0 Å². The Bertz CT molecular complexity index is 540. The Morgan fingerprint density at radius 3 is 2.73 bits per heavy atom. The number of aromatic nitrogens is 2. The molecule has 3 nitrogen and oxygen atoms in total. The van der Waals surface area contributed by atoms with Gasteiger partial charge in [0.25, 0.3) is 0 Å². The third kappa shape index (κ3) is 1.82. The maximum Gasteiger partial charge on any atom is 0.103 e. The van der Waals surface area contributed by atoms with Gasteiger partial charge in [-0.05, 0) is 12.1 Å². The molecule has 0 aliphatic heterocycles. The van der Waals surface area contributed by atoms with Crippen LogP contribution in [0.25, 0.3) is 5.69 Å². The van der Waals surface area contributed by atoms with Crippen LogP contribution in [0.3, 0.4) is 0 Å². The van der Waals surface area contributed by atoms with Crippen molar-refractivity contribution in [3.63, 3.8) is 0 Å². The van der Waals surface area contributed by atoms with Crippen LogP contribution < -0.4 is 0 Å². The summed E-state index contributed by atoms with van der Waals surface area (Å²) < 4.78 is 1.52. The fraction of sp³-hybridized carbons (Fsp3) is 0. The number of benzene rings is 1. The van der Waals surface area contributed by atoms with Crippen LogP contribution in [0.4, 0.5) is 0 Å². The van der Waals surface area contributed by atoms with Crippen LogP contribution in [-0.2, 0) is 0 Å². The molecule has 1 aromatic carbocycles. The van der Waals surface area contributed by atoms with Crippen molar-refractivity contribution < 1.29 is 0 Å².